The molecule has 20 heavy (non-hydrogen) atoms. The smallest absolute Gasteiger partial charge is 0.408 e. The number of benzene rings is 1. The molecule has 2 aromatic rings. The number of hydrogen-bond donors (Lipinski definition) is 2. The number of nitrogens with zero attached hydrogens (tertiary/aromatic N) is 1. The van der Waals surface area contributed by atoms with Crippen LogP contribution in [0.5, 0.6) is 0 Å². The van der Waals surface area contributed by atoms with Crippen molar-refractivity contribution in [3.8, 4) is 0 Å². The summed E-state index contributed by atoms with van der Waals surface area (Å²) in [6.07, 6.45) is 0.336. The van der Waals surface area contributed by atoms with E-state index in [2.05, 4.69) is 4.72 Å². The van der Waals surface area contributed by atoms with E-state index in [0.717, 1.165) is 0 Å². The van der Waals surface area contributed by atoms with Crippen LogP contribution >= 0.6 is 0 Å². The monoisotopic (exact) mass is 300 g/mol. The third-order valence-electron chi connectivity index (χ3n) is 2.89. The first-order valence-electron chi connectivity index (χ1n) is 6.23. The second-order valence-electron chi connectivity index (χ2n) is 4.22. The predicted octanol–water partition coefficient (Wildman–Crippen LogP) is 0.275. The fourth-order valence-electron chi connectivity index (χ4n) is 1.88. The van der Waals surface area contributed by atoms with E-state index in [9.17, 15) is 13.2 Å². The Bertz CT molecular complexity index is 760. The van der Waals surface area contributed by atoms with E-state index >= 15 is 0 Å². The van der Waals surface area contributed by atoms with Crippen LogP contribution in [0.3, 0.4) is 0 Å². The number of aromatic nitrogens is 1. The Balaban J connectivity index is 2.39. The van der Waals surface area contributed by atoms with Gasteiger partial charge in [-0.05, 0) is 25.5 Å². The normalized spacial score (nSPS) is 12.1. The molecule has 7 nitrogen and oxygen atoms in total. The van der Waals surface area contributed by atoms with Crippen molar-refractivity contribution in [3.05, 3.63) is 28.7 Å². The molecule has 8 heteroatoms. The molecule has 0 fully saturated rings. The van der Waals surface area contributed by atoms with Crippen LogP contribution in [0.4, 0.5) is 0 Å². The molecule has 0 bridgehead atoms. The highest BCUT2D eigenvalue weighted by atomic mass is 32.2. The lowest BCUT2D eigenvalue weighted by Crippen LogP contribution is -2.25. The Morgan fingerprint density at radius 1 is 1.40 bits per heavy atom. The average Bonchev–Trinajstić information content (AvgIpc) is 2.73. The predicted molar refractivity (Wildman–Crippen MR) is 73.0 cm³/mol. The van der Waals surface area contributed by atoms with Crippen LogP contribution < -0.4 is 10.5 Å². The highest BCUT2D eigenvalue weighted by Crippen LogP contribution is 2.18. The zero-order chi connectivity index (χ0) is 14.8. The van der Waals surface area contributed by atoms with E-state index in [-0.39, 0.29) is 23.6 Å². The summed E-state index contributed by atoms with van der Waals surface area (Å²) in [5, 5.41) is 8.65. The standard InChI is InChI=1S/C12H16N2O5S/c1-2-14-10-5-4-9(8-11(10)19-12(14)16)20(17,18)13-6-3-7-15/h4-5,8,13,15H,2-3,6-7H2,1H3. The van der Waals surface area contributed by atoms with Crippen molar-refractivity contribution in [2.24, 2.45) is 0 Å². The fourth-order valence-corrected chi connectivity index (χ4v) is 2.97. The molecule has 1 aromatic heterocycles. The first-order valence-corrected chi connectivity index (χ1v) is 7.72. The first kappa shape index (κ1) is 14.8. The Labute approximate surface area is 115 Å². The molecule has 2 N–H and O–H groups in total. The Kier molecular flexibility index (Phi) is 4.26. The van der Waals surface area contributed by atoms with Crippen molar-refractivity contribution >= 4 is 21.1 Å². The molecule has 2 rings (SSSR count). The van der Waals surface area contributed by atoms with Gasteiger partial charge in [0.25, 0.3) is 0 Å². The van der Waals surface area contributed by atoms with Crippen molar-refractivity contribution in [1.29, 1.82) is 0 Å². The van der Waals surface area contributed by atoms with Crippen molar-refractivity contribution < 1.29 is 17.9 Å². The number of fused-ring (bicyclic) bond motifs is 1. The number of sulfonamides is 1. The molecule has 0 spiro atoms. The zero-order valence-electron chi connectivity index (χ0n) is 11.0. The zero-order valence-corrected chi connectivity index (χ0v) is 11.8. The van der Waals surface area contributed by atoms with Gasteiger partial charge in [0.1, 0.15) is 0 Å². The molecule has 0 radical (unpaired) electrons. The van der Waals surface area contributed by atoms with Gasteiger partial charge in [0.15, 0.2) is 5.58 Å². The van der Waals surface area contributed by atoms with E-state index in [1.165, 1.54) is 16.7 Å². The maximum absolute atomic E-state index is 12.0. The SMILES string of the molecule is CCn1c(=O)oc2cc(S(=O)(=O)NCCCO)ccc21. The molecule has 0 aliphatic rings. The molecule has 0 unspecified atom stereocenters. The highest BCUT2D eigenvalue weighted by Gasteiger charge is 2.16. The Hall–Kier alpha value is -1.64. The molecule has 1 aromatic carbocycles. The molecule has 0 saturated heterocycles. The maximum Gasteiger partial charge on any atom is 0.419 e. The molecule has 0 saturated carbocycles. The molecule has 0 amide bonds. The van der Waals surface area contributed by atoms with E-state index in [1.807, 2.05) is 0 Å². The van der Waals surface area contributed by atoms with Crippen LogP contribution in [0.1, 0.15) is 13.3 Å². The van der Waals surface area contributed by atoms with Gasteiger partial charge in [-0.2, -0.15) is 0 Å². The molecule has 110 valence electrons. The van der Waals surface area contributed by atoms with E-state index in [1.54, 1.807) is 13.0 Å². The molecular weight excluding hydrogens is 284 g/mol. The quantitative estimate of drug-likeness (QED) is 0.746. The Morgan fingerprint density at radius 2 is 2.15 bits per heavy atom. The van der Waals surface area contributed by atoms with Gasteiger partial charge < -0.3 is 9.52 Å². The number of rotatable bonds is 6. The minimum absolute atomic E-state index is 0.0277. The lowest BCUT2D eigenvalue weighted by atomic mass is 10.3. The number of aliphatic hydroxyl groups is 1. The van der Waals surface area contributed by atoms with Gasteiger partial charge in [0.2, 0.25) is 10.0 Å². The summed E-state index contributed by atoms with van der Waals surface area (Å²) in [4.78, 5) is 11.6. The van der Waals surface area contributed by atoms with Gasteiger partial charge in [-0.1, -0.05) is 0 Å². The summed E-state index contributed by atoms with van der Waals surface area (Å²) in [7, 11) is -3.67. The summed E-state index contributed by atoms with van der Waals surface area (Å²) in [6.45, 7) is 2.32. The van der Waals surface area contributed by atoms with Crippen molar-refractivity contribution in [2.45, 2.75) is 24.8 Å². The van der Waals surface area contributed by atoms with Crippen LogP contribution in [0.2, 0.25) is 0 Å². The molecule has 0 atom stereocenters. The highest BCUT2D eigenvalue weighted by molar-refractivity contribution is 7.89. The summed E-state index contributed by atoms with van der Waals surface area (Å²) < 4.78 is 32.8. The average molecular weight is 300 g/mol. The lowest BCUT2D eigenvalue weighted by molar-refractivity contribution is 0.289. The van der Waals surface area contributed by atoms with E-state index in [4.69, 9.17) is 9.52 Å². The second-order valence-corrected chi connectivity index (χ2v) is 5.98. The van der Waals surface area contributed by atoms with Crippen LogP contribution in [0.25, 0.3) is 11.1 Å². The largest absolute Gasteiger partial charge is 0.419 e. The molecular formula is C12H16N2O5S. The number of aliphatic hydroxyl groups excluding tert-OH is 1. The number of nitrogens with one attached hydrogen (secondary N) is 1. The summed E-state index contributed by atoms with van der Waals surface area (Å²) in [5.41, 5.74) is 0.800. The van der Waals surface area contributed by atoms with Gasteiger partial charge in [-0.15, -0.1) is 0 Å². The maximum atomic E-state index is 12.0. The van der Waals surface area contributed by atoms with Gasteiger partial charge in [-0.3, -0.25) is 4.57 Å². The van der Waals surface area contributed by atoms with Crippen molar-refractivity contribution in [2.75, 3.05) is 13.2 Å². The molecule has 1 heterocycles. The van der Waals surface area contributed by atoms with E-state index in [0.29, 0.717) is 18.5 Å². The van der Waals surface area contributed by atoms with Crippen LogP contribution in [0, 0.1) is 0 Å². The van der Waals surface area contributed by atoms with Crippen LogP contribution in [-0.4, -0.2) is 31.2 Å². The Morgan fingerprint density at radius 3 is 2.80 bits per heavy atom. The topological polar surface area (TPSA) is 102 Å². The molecule has 0 aliphatic heterocycles. The van der Waals surface area contributed by atoms with Crippen molar-refractivity contribution in [1.82, 2.24) is 9.29 Å². The van der Waals surface area contributed by atoms with Crippen LogP contribution in [-0.2, 0) is 16.6 Å². The minimum Gasteiger partial charge on any atom is -0.408 e. The minimum atomic E-state index is -3.67. The molecule has 0 aliphatic carbocycles. The van der Waals surface area contributed by atoms with Gasteiger partial charge in [-0.25, -0.2) is 17.9 Å². The van der Waals surface area contributed by atoms with Gasteiger partial charge >= 0.3 is 5.76 Å². The van der Waals surface area contributed by atoms with Gasteiger partial charge in [0, 0.05) is 25.8 Å². The van der Waals surface area contributed by atoms with Gasteiger partial charge in [0.05, 0.1) is 10.4 Å². The van der Waals surface area contributed by atoms with Crippen molar-refractivity contribution in [3.63, 3.8) is 0 Å². The summed E-state index contributed by atoms with van der Waals surface area (Å²) in [6, 6.07) is 4.29. The summed E-state index contributed by atoms with van der Waals surface area (Å²) >= 11 is 0. The van der Waals surface area contributed by atoms with Crippen LogP contribution in [0.15, 0.2) is 32.3 Å². The number of hydrogen-bond acceptors (Lipinski definition) is 5. The summed E-state index contributed by atoms with van der Waals surface area (Å²) in [5.74, 6) is -0.509. The van der Waals surface area contributed by atoms with E-state index < -0.39 is 15.8 Å². The number of aryl methyl sites for hydroxylation is 1. The fraction of sp³-hybridized carbons (Fsp3) is 0.417. The number of oxazole rings is 1. The second kappa shape index (κ2) is 5.78. The third-order valence-corrected chi connectivity index (χ3v) is 4.35. The third kappa shape index (κ3) is 2.77. The lowest BCUT2D eigenvalue weighted by Gasteiger charge is -2.05. The first-order chi connectivity index (χ1) is 9.49.